The van der Waals surface area contributed by atoms with Crippen molar-refractivity contribution in [2.24, 2.45) is 23.7 Å². The molecule has 0 bridgehead atoms. The van der Waals surface area contributed by atoms with Gasteiger partial charge in [0.15, 0.2) is 0 Å². The number of hydrogen-bond donors (Lipinski definition) is 0. The Balaban J connectivity index is 0.000000490. The number of rotatable bonds is 4. The maximum Gasteiger partial charge on any atom is 4.00 e. The number of halogens is 2. The molecular formula is C26H38Br2Zr. The van der Waals surface area contributed by atoms with Gasteiger partial charge in [0.25, 0.3) is 0 Å². The quantitative estimate of drug-likeness (QED) is 0.432. The molecule has 29 heavy (non-hydrogen) atoms. The van der Waals surface area contributed by atoms with E-state index >= 15 is 0 Å². The molecule has 2 atom stereocenters. The molecule has 0 spiro atoms. The molecule has 0 N–H and O–H groups in total. The Labute approximate surface area is 220 Å². The predicted octanol–water partition coefficient (Wildman–Crippen LogP) is 1.81. The average Bonchev–Trinajstić information content (AvgIpc) is 3.20. The van der Waals surface area contributed by atoms with E-state index in [1.54, 1.807) is 23.0 Å². The van der Waals surface area contributed by atoms with Crippen molar-refractivity contribution in [3.05, 3.63) is 59.4 Å². The SMILES string of the molecule is CC(C)C[C-]1CCC2CC=CC=C12.CC(C)C[C-]1CCC2CC=CC=C12.[Br-].[Br-].[Zr+4]. The minimum absolute atomic E-state index is 0. The van der Waals surface area contributed by atoms with Gasteiger partial charge in [0, 0.05) is 0 Å². The van der Waals surface area contributed by atoms with Crippen LogP contribution >= 0.6 is 0 Å². The number of fused-ring (bicyclic) bond motifs is 2. The molecule has 2 saturated carbocycles. The summed E-state index contributed by atoms with van der Waals surface area (Å²) < 4.78 is 0. The van der Waals surface area contributed by atoms with Crippen molar-refractivity contribution in [3.63, 3.8) is 0 Å². The first-order valence-corrected chi connectivity index (χ1v) is 11.0. The standard InChI is InChI=1S/2C13H19.2BrH.Zr/c2*1-10(2)9-12-8-7-11-5-3-4-6-13(11)12;;;/h2*3-4,6,10-11H,5,7-9H2,1-2H3;2*1H;/q2*-1;;;+4/p-2. The van der Waals surface area contributed by atoms with E-state index in [9.17, 15) is 0 Å². The van der Waals surface area contributed by atoms with Gasteiger partial charge in [0.2, 0.25) is 0 Å². The van der Waals surface area contributed by atoms with Gasteiger partial charge in [-0.1, -0.05) is 78.1 Å². The fourth-order valence-electron chi connectivity index (χ4n) is 5.13. The number of hydrogen-bond acceptors (Lipinski definition) is 0. The molecule has 0 aromatic rings. The summed E-state index contributed by atoms with van der Waals surface area (Å²) in [5.41, 5.74) is 3.35. The zero-order valence-electron chi connectivity index (χ0n) is 18.7. The van der Waals surface area contributed by atoms with Crippen molar-refractivity contribution >= 4 is 0 Å². The first-order chi connectivity index (χ1) is 12.5. The van der Waals surface area contributed by atoms with Crippen LogP contribution in [0.25, 0.3) is 0 Å². The van der Waals surface area contributed by atoms with Gasteiger partial charge in [-0.05, 0) is 24.7 Å². The normalized spacial score (nSPS) is 23.8. The Morgan fingerprint density at radius 1 is 0.759 bits per heavy atom. The summed E-state index contributed by atoms with van der Waals surface area (Å²) in [6, 6.07) is 0. The van der Waals surface area contributed by atoms with E-state index in [1.165, 1.54) is 51.4 Å². The average molecular weight is 602 g/mol. The zero-order chi connectivity index (χ0) is 18.5. The third-order valence-corrected chi connectivity index (χ3v) is 6.26. The molecule has 160 valence electrons. The van der Waals surface area contributed by atoms with Crippen molar-refractivity contribution in [2.75, 3.05) is 0 Å². The van der Waals surface area contributed by atoms with Gasteiger partial charge in [-0.3, -0.25) is 0 Å². The van der Waals surface area contributed by atoms with Crippen LogP contribution in [-0.2, 0) is 26.2 Å². The van der Waals surface area contributed by atoms with E-state index in [4.69, 9.17) is 0 Å². The minimum Gasteiger partial charge on any atom is -1.00 e. The molecular weight excluding hydrogens is 563 g/mol. The molecule has 0 amide bonds. The minimum atomic E-state index is 0. The topological polar surface area (TPSA) is 0 Å². The van der Waals surface area contributed by atoms with Crippen LogP contribution in [0, 0.1) is 35.5 Å². The van der Waals surface area contributed by atoms with Crippen LogP contribution in [0.15, 0.2) is 47.6 Å². The third-order valence-electron chi connectivity index (χ3n) is 6.26. The van der Waals surface area contributed by atoms with Crippen molar-refractivity contribution in [1.82, 2.24) is 0 Å². The molecule has 0 aliphatic heterocycles. The smallest absolute Gasteiger partial charge is 1.00 e. The van der Waals surface area contributed by atoms with Gasteiger partial charge >= 0.3 is 26.2 Å². The molecule has 0 radical (unpaired) electrons. The van der Waals surface area contributed by atoms with E-state index < -0.39 is 0 Å². The van der Waals surface area contributed by atoms with E-state index in [2.05, 4.69) is 64.2 Å². The van der Waals surface area contributed by atoms with Crippen molar-refractivity contribution < 1.29 is 60.2 Å². The largest absolute Gasteiger partial charge is 4.00 e. The Hall–Kier alpha value is 0.543. The van der Waals surface area contributed by atoms with Gasteiger partial charge in [0.05, 0.1) is 0 Å². The first kappa shape index (κ1) is 29.5. The molecule has 3 heteroatoms. The summed E-state index contributed by atoms with van der Waals surface area (Å²) in [4.78, 5) is 0. The van der Waals surface area contributed by atoms with Crippen LogP contribution in [-0.4, -0.2) is 0 Å². The summed E-state index contributed by atoms with van der Waals surface area (Å²) in [6.45, 7) is 9.28. The number of allylic oxidation sites excluding steroid dienone is 8. The summed E-state index contributed by atoms with van der Waals surface area (Å²) in [6.07, 6.45) is 24.5. The summed E-state index contributed by atoms with van der Waals surface area (Å²) in [5.74, 6) is 6.87. The van der Waals surface area contributed by atoms with Crippen LogP contribution in [0.1, 0.15) is 79.1 Å². The second kappa shape index (κ2) is 14.6. The molecule has 2 fully saturated rings. The van der Waals surface area contributed by atoms with Gasteiger partial charge in [0.1, 0.15) is 0 Å². The van der Waals surface area contributed by atoms with E-state index in [-0.39, 0.29) is 60.2 Å². The predicted molar refractivity (Wildman–Crippen MR) is 115 cm³/mol. The molecule has 2 unspecified atom stereocenters. The summed E-state index contributed by atoms with van der Waals surface area (Å²) >= 11 is 0. The molecule has 0 nitrogen and oxygen atoms in total. The Morgan fingerprint density at radius 3 is 1.48 bits per heavy atom. The van der Waals surface area contributed by atoms with Crippen LogP contribution in [0.2, 0.25) is 0 Å². The zero-order valence-corrected chi connectivity index (χ0v) is 24.3. The second-order valence-electron chi connectivity index (χ2n) is 9.45. The maximum atomic E-state index is 2.35. The van der Waals surface area contributed by atoms with Crippen molar-refractivity contribution in [3.8, 4) is 0 Å². The third kappa shape index (κ3) is 8.53. The molecule has 4 aliphatic rings. The maximum absolute atomic E-state index is 2.35. The van der Waals surface area contributed by atoms with E-state index in [1.807, 2.05) is 0 Å². The van der Waals surface area contributed by atoms with Crippen LogP contribution in [0.4, 0.5) is 0 Å². The second-order valence-corrected chi connectivity index (χ2v) is 9.45. The van der Waals surface area contributed by atoms with Crippen LogP contribution < -0.4 is 34.0 Å². The fraction of sp³-hybridized carbons (Fsp3) is 0.615. The molecule has 0 saturated heterocycles. The molecule has 0 aromatic heterocycles. The van der Waals surface area contributed by atoms with Crippen molar-refractivity contribution in [2.45, 2.75) is 79.1 Å². The summed E-state index contributed by atoms with van der Waals surface area (Å²) in [7, 11) is 0. The Morgan fingerprint density at radius 2 is 1.14 bits per heavy atom. The molecule has 4 aliphatic carbocycles. The van der Waals surface area contributed by atoms with Crippen molar-refractivity contribution in [1.29, 1.82) is 0 Å². The van der Waals surface area contributed by atoms with Crippen LogP contribution in [0.3, 0.4) is 0 Å². The fourth-order valence-corrected chi connectivity index (χ4v) is 5.13. The van der Waals surface area contributed by atoms with Gasteiger partial charge in [-0.15, -0.1) is 24.3 Å². The monoisotopic (exact) mass is 598 g/mol. The summed E-state index contributed by atoms with van der Waals surface area (Å²) in [5, 5.41) is 0. The Bertz CT molecular complexity index is 534. The van der Waals surface area contributed by atoms with Gasteiger partial charge in [-0.2, -0.15) is 0 Å². The molecule has 0 aromatic carbocycles. The van der Waals surface area contributed by atoms with E-state index in [0.717, 1.165) is 23.7 Å². The van der Waals surface area contributed by atoms with Crippen LogP contribution in [0.5, 0.6) is 0 Å². The molecule has 4 rings (SSSR count). The van der Waals surface area contributed by atoms with Gasteiger partial charge < -0.3 is 34.0 Å². The molecule has 0 heterocycles. The van der Waals surface area contributed by atoms with Gasteiger partial charge in [-0.25, -0.2) is 35.1 Å². The Kier molecular flexibility index (Phi) is 14.8. The van der Waals surface area contributed by atoms with E-state index in [0.29, 0.717) is 0 Å². The first-order valence-electron chi connectivity index (χ1n) is 11.0.